The summed E-state index contributed by atoms with van der Waals surface area (Å²) < 4.78 is 0. The van der Waals surface area contributed by atoms with Crippen molar-refractivity contribution in [3.05, 3.63) is 64.7 Å². The fourth-order valence-electron chi connectivity index (χ4n) is 3.88. The van der Waals surface area contributed by atoms with Crippen molar-refractivity contribution < 1.29 is 4.79 Å². The number of rotatable bonds is 1. The summed E-state index contributed by atoms with van der Waals surface area (Å²) in [5.41, 5.74) is 6.06. The smallest absolute Gasteiger partial charge is 0.242 e. The van der Waals surface area contributed by atoms with Gasteiger partial charge in [-0.05, 0) is 42.5 Å². The summed E-state index contributed by atoms with van der Waals surface area (Å²) in [7, 11) is 0. The largest absolute Gasteiger partial charge is 0.290 e. The summed E-state index contributed by atoms with van der Waals surface area (Å²) in [4.78, 5) is 17.1. The van der Waals surface area contributed by atoms with E-state index in [4.69, 9.17) is 0 Å². The Hall–Kier alpha value is -2.13. The van der Waals surface area contributed by atoms with Crippen LogP contribution < -0.4 is 4.90 Å². The normalized spacial score (nSPS) is 20.9. The zero-order chi connectivity index (χ0) is 15.3. The topological polar surface area (TPSA) is 23.6 Å². The molecule has 1 fully saturated rings. The van der Waals surface area contributed by atoms with Crippen molar-refractivity contribution in [3.8, 4) is 0 Å². The van der Waals surface area contributed by atoms with Gasteiger partial charge in [0.15, 0.2) is 0 Å². The molecule has 0 bridgehead atoms. The molecule has 3 nitrogen and oxygen atoms in total. The first-order valence-corrected chi connectivity index (χ1v) is 7.87. The molecule has 0 spiro atoms. The number of nitrogens with zero attached hydrogens (tertiary/aromatic N) is 2. The monoisotopic (exact) mass is 292 g/mol. The minimum atomic E-state index is 0.0530. The van der Waals surface area contributed by atoms with Crippen LogP contribution in [0, 0.1) is 13.8 Å². The second-order valence-electron chi connectivity index (χ2n) is 6.30. The van der Waals surface area contributed by atoms with Crippen LogP contribution in [0.2, 0.25) is 0 Å². The van der Waals surface area contributed by atoms with Gasteiger partial charge in [0.1, 0.15) is 6.17 Å². The number of aryl methyl sites for hydroxylation is 2. The molecule has 2 heterocycles. The Morgan fingerprint density at radius 1 is 1.00 bits per heavy atom. The number of carbonyl (C=O) groups excluding carboxylic acids is 1. The molecule has 0 N–H and O–H groups in total. The average molecular weight is 292 g/mol. The molecule has 1 saturated heterocycles. The summed E-state index contributed by atoms with van der Waals surface area (Å²) in [6.07, 6.45) is 1.08. The maximum Gasteiger partial charge on any atom is 0.242 e. The van der Waals surface area contributed by atoms with Crippen molar-refractivity contribution in [2.45, 2.75) is 26.4 Å². The summed E-state index contributed by atoms with van der Waals surface area (Å²) in [6.45, 7) is 5.65. The van der Waals surface area contributed by atoms with Gasteiger partial charge in [0.05, 0.1) is 12.2 Å². The van der Waals surface area contributed by atoms with Crippen molar-refractivity contribution in [3.63, 3.8) is 0 Å². The first-order chi connectivity index (χ1) is 10.7. The van der Waals surface area contributed by atoms with E-state index in [1.165, 1.54) is 22.3 Å². The van der Waals surface area contributed by atoms with Gasteiger partial charge in [-0.25, -0.2) is 0 Å². The van der Waals surface area contributed by atoms with Crippen LogP contribution in [0.5, 0.6) is 0 Å². The summed E-state index contributed by atoms with van der Waals surface area (Å²) in [6, 6.07) is 14.8. The van der Waals surface area contributed by atoms with Crippen molar-refractivity contribution in [2.75, 3.05) is 18.0 Å². The maximum atomic E-state index is 12.7. The predicted molar refractivity (Wildman–Crippen MR) is 87.9 cm³/mol. The maximum absolute atomic E-state index is 12.7. The van der Waals surface area contributed by atoms with Crippen LogP contribution in [0.15, 0.2) is 42.5 Å². The lowest BCUT2D eigenvalue weighted by Crippen LogP contribution is -2.37. The highest BCUT2D eigenvalue weighted by molar-refractivity contribution is 5.99. The van der Waals surface area contributed by atoms with Gasteiger partial charge in [-0.15, -0.1) is 0 Å². The van der Waals surface area contributed by atoms with E-state index in [-0.39, 0.29) is 12.1 Å². The van der Waals surface area contributed by atoms with E-state index in [1.54, 1.807) is 0 Å². The molecular formula is C19H20N2O. The Morgan fingerprint density at radius 3 is 2.50 bits per heavy atom. The Kier molecular flexibility index (Phi) is 3.05. The molecule has 1 amide bonds. The highest BCUT2D eigenvalue weighted by Gasteiger charge is 2.43. The van der Waals surface area contributed by atoms with Crippen LogP contribution >= 0.6 is 0 Å². The Morgan fingerprint density at radius 2 is 1.73 bits per heavy atom. The van der Waals surface area contributed by atoms with Crippen molar-refractivity contribution in [1.82, 2.24) is 4.90 Å². The summed E-state index contributed by atoms with van der Waals surface area (Å²) in [5.74, 6) is 0.208. The molecular weight excluding hydrogens is 272 g/mol. The second kappa shape index (κ2) is 4.96. The van der Waals surface area contributed by atoms with Crippen molar-refractivity contribution >= 4 is 11.6 Å². The van der Waals surface area contributed by atoms with Crippen molar-refractivity contribution in [2.24, 2.45) is 0 Å². The number of benzene rings is 2. The van der Waals surface area contributed by atoms with E-state index in [9.17, 15) is 4.79 Å². The first-order valence-electron chi connectivity index (χ1n) is 7.87. The van der Waals surface area contributed by atoms with E-state index in [2.05, 4.69) is 61.2 Å². The number of hydrogen-bond donors (Lipinski definition) is 0. The van der Waals surface area contributed by atoms with Gasteiger partial charge in [0.2, 0.25) is 5.91 Å². The zero-order valence-corrected chi connectivity index (χ0v) is 13.0. The average Bonchev–Trinajstić information content (AvgIpc) is 2.84. The third kappa shape index (κ3) is 1.89. The van der Waals surface area contributed by atoms with Gasteiger partial charge >= 0.3 is 0 Å². The van der Waals surface area contributed by atoms with Crippen LogP contribution in [0.4, 0.5) is 5.69 Å². The van der Waals surface area contributed by atoms with Crippen LogP contribution in [-0.2, 0) is 11.2 Å². The van der Waals surface area contributed by atoms with E-state index < -0.39 is 0 Å². The lowest BCUT2D eigenvalue weighted by molar-refractivity contribution is -0.116. The fourth-order valence-corrected chi connectivity index (χ4v) is 3.88. The molecule has 2 aliphatic rings. The third-order valence-electron chi connectivity index (χ3n) is 4.88. The molecule has 3 heteroatoms. The quantitative estimate of drug-likeness (QED) is 0.806. The molecule has 1 unspecified atom stereocenters. The van der Waals surface area contributed by atoms with Gasteiger partial charge in [0, 0.05) is 6.54 Å². The zero-order valence-electron chi connectivity index (χ0n) is 13.0. The molecule has 4 rings (SSSR count). The van der Waals surface area contributed by atoms with Crippen LogP contribution in [0.3, 0.4) is 0 Å². The number of amides is 1. The molecule has 2 aliphatic heterocycles. The Labute approximate surface area is 131 Å². The molecule has 1 atom stereocenters. The number of para-hydroxylation sites is 1. The van der Waals surface area contributed by atoms with E-state index in [0.717, 1.165) is 18.7 Å². The summed E-state index contributed by atoms with van der Waals surface area (Å²) >= 11 is 0. The van der Waals surface area contributed by atoms with Gasteiger partial charge < -0.3 is 0 Å². The molecule has 0 saturated carbocycles. The fraction of sp³-hybridized carbons (Fsp3) is 0.316. The molecule has 2 aromatic carbocycles. The van der Waals surface area contributed by atoms with Crippen molar-refractivity contribution in [1.29, 1.82) is 0 Å². The minimum absolute atomic E-state index is 0.0530. The van der Waals surface area contributed by atoms with E-state index >= 15 is 0 Å². The lowest BCUT2D eigenvalue weighted by atomic mass is 9.96. The highest BCUT2D eigenvalue weighted by Crippen LogP contribution is 2.41. The molecule has 0 radical (unpaired) electrons. The van der Waals surface area contributed by atoms with Crippen LogP contribution in [-0.4, -0.2) is 23.9 Å². The lowest BCUT2D eigenvalue weighted by Gasteiger charge is -2.36. The third-order valence-corrected chi connectivity index (χ3v) is 4.88. The number of hydrogen-bond acceptors (Lipinski definition) is 2. The van der Waals surface area contributed by atoms with Crippen LogP contribution in [0.25, 0.3) is 0 Å². The first kappa shape index (κ1) is 13.5. The van der Waals surface area contributed by atoms with E-state index in [1.807, 2.05) is 4.90 Å². The summed E-state index contributed by atoms with van der Waals surface area (Å²) in [5, 5.41) is 0. The second-order valence-corrected chi connectivity index (χ2v) is 6.30. The number of anilines is 1. The molecule has 22 heavy (non-hydrogen) atoms. The number of carbonyl (C=O) groups is 1. The molecule has 2 aromatic rings. The van der Waals surface area contributed by atoms with Gasteiger partial charge in [0.25, 0.3) is 0 Å². The molecule has 0 aliphatic carbocycles. The highest BCUT2D eigenvalue weighted by atomic mass is 16.2. The molecule has 112 valence electrons. The molecule has 0 aromatic heterocycles. The van der Waals surface area contributed by atoms with Gasteiger partial charge in [-0.2, -0.15) is 0 Å². The minimum Gasteiger partial charge on any atom is -0.290 e. The Bertz CT molecular complexity index is 733. The SMILES string of the molecule is Cc1cccc(C)c1N1C(=O)CN2CCc3ccccc3C21. The Balaban J connectivity index is 1.89. The van der Waals surface area contributed by atoms with Gasteiger partial charge in [-0.1, -0.05) is 42.5 Å². The predicted octanol–water partition coefficient (Wildman–Crippen LogP) is 3.21. The van der Waals surface area contributed by atoms with Crippen LogP contribution in [0.1, 0.15) is 28.4 Å². The standard InChI is InChI=1S/C19H20N2O/c1-13-6-5-7-14(2)18(13)21-17(22)12-20-11-10-15-8-3-4-9-16(15)19(20)21/h3-9,19H,10-12H2,1-2H3. The number of fused-ring (bicyclic) bond motifs is 3. The van der Waals surface area contributed by atoms with E-state index in [0.29, 0.717) is 6.54 Å². The van der Waals surface area contributed by atoms with Gasteiger partial charge in [-0.3, -0.25) is 14.6 Å².